The van der Waals surface area contributed by atoms with Crippen molar-refractivity contribution in [2.45, 2.75) is 32.7 Å². The summed E-state index contributed by atoms with van der Waals surface area (Å²) in [5, 5.41) is 4.19. The number of nitrogens with zero attached hydrogens (tertiary/aromatic N) is 2. The Morgan fingerprint density at radius 2 is 2.27 bits per heavy atom. The Kier molecular flexibility index (Phi) is 2.50. The smallest absolute Gasteiger partial charge is 0.187 e. The Balaban J connectivity index is 2.39. The molecule has 0 amide bonds. The molecule has 1 aliphatic carbocycles. The van der Waals surface area contributed by atoms with E-state index in [4.69, 9.17) is 4.74 Å². The molecule has 4 heteroatoms. The van der Waals surface area contributed by atoms with E-state index in [1.165, 1.54) is 0 Å². The molecule has 0 radical (unpaired) electrons. The number of methoxy groups -OCH3 is 1. The normalized spacial score (nSPS) is 15.7. The van der Waals surface area contributed by atoms with Gasteiger partial charge in [-0.05, 0) is 26.7 Å². The molecule has 0 spiro atoms. The first-order chi connectivity index (χ1) is 7.15. The molecule has 1 saturated carbocycles. The standard InChI is InChI=1S/C11H16N2O2/c1-7(2)13-10(9(15-3)6-12-13)11(14)8-4-5-8/h6-8H,4-5H2,1-3H3. The second-order valence-corrected chi connectivity index (χ2v) is 4.24. The summed E-state index contributed by atoms with van der Waals surface area (Å²) >= 11 is 0. The van der Waals surface area contributed by atoms with Crippen LogP contribution in [-0.4, -0.2) is 22.7 Å². The molecule has 0 unspecified atom stereocenters. The zero-order valence-electron chi connectivity index (χ0n) is 9.36. The van der Waals surface area contributed by atoms with Crippen LogP contribution in [0.2, 0.25) is 0 Å². The lowest BCUT2D eigenvalue weighted by atomic mass is 10.2. The molecule has 0 bridgehead atoms. The third kappa shape index (κ3) is 1.76. The molecule has 4 nitrogen and oxygen atoms in total. The van der Waals surface area contributed by atoms with Crippen LogP contribution >= 0.6 is 0 Å². The molecule has 0 atom stereocenters. The highest BCUT2D eigenvalue weighted by molar-refractivity contribution is 6.00. The predicted molar refractivity (Wildman–Crippen MR) is 56.2 cm³/mol. The van der Waals surface area contributed by atoms with Crippen molar-refractivity contribution >= 4 is 5.78 Å². The van der Waals surface area contributed by atoms with Gasteiger partial charge in [-0.3, -0.25) is 9.48 Å². The minimum atomic E-state index is 0.179. The molecule has 82 valence electrons. The number of aromatic nitrogens is 2. The van der Waals surface area contributed by atoms with Gasteiger partial charge in [-0.2, -0.15) is 5.10 Å². The number of carbonyl (C=O) groups excluding carboxylic acids is 1. The molecule has 1 aromatic heterocycles. The first-order valence-corrected chi connectivity index (χ1v) is 5.31. The van der Waals surface area contributed by atoms with Crippen molar-refractivity contribution in [2.75, 3.05) is 7.11 Å². The number of hydrogen-bond acceptors (Lipinski definition) is 3. The summed E-state index contributed by atoms with van der Waals surface area (Å²) in [6.07, 6.45) is 3.63. The highest BCUT2D eigenvalue weighted by Gasteiger charge is 2.35. The van der Waals surface area contributed by atoms with Crippen molar-refractivity contribution in [1.29, 1.82) is 0 Å². The number of ketones is 1. The van der Waals surface area contributed by atoms with Gasteiger partial charge in [0.25, 0.3) is 0 Å². The molecule has 15 heavy (non-hydrogen) atoms. The number of rotatable bonds is 4. The SMILES string of the molecule is COc1cnn(C(C)C)c1C(=O)C1CC1. The Morgan fingerprint density at radius 3 is 2.73 bits per heavy atom. The first kappa shape index (κ1) is 10.2. The second kappa shape index (κ2) is 3.68. The Labute approximate surface area is 89.2 Å². The van der Waals surface area contributed by atoms with Crippen molar-refractivity contribution in [3.05, 3.63) is 11.9 Å². The van der Waals surface area contributed by atoms with Crippen molar-refractivity contribution in [1.82, 2.24) is 9.78 Å². The number of hydrogen-bond donors (Lipinski definition) is 0. The van der Waals surface area contributed by atoms with Gasteiger partial charge in [0.15, 0.2) is 11.5 Å². The van der Waals surface area contributed by atoms with Gasteiger partial charge in [-0.25, -0.2) is 0 Å². The van der Waals surface area contributed by atoms with E-state index in [2.05, 4.69) is 5.10 Å². The van der Waals surface area contributed by atoms with Crippen LogP contribution < -0.4 is 4.74 Å². The quantitative estimate of drug-likeness (QED) is 0.711. The fraction of sp³-hybridized carbons (Fsp3) is 0.636. The van der Waals surface area contributed by atoms with Crippen LogP contribution in [0.1, 0.15) is 43.2 Å². The zero-order valence-corrected chi connectivity index (χ0v) is 9.36. The van der Waals surface area contributed by atoms with E-state index < -0.39 is 0 Å². The summed E-state index contributed by atoms with van der Waals surface area (Å²) in [6.45, 7) is 4.02. The van der Waals surface area contributed by atoms with Crippen molar-refractivity contribution in [3.63, 3.8) is 0 Å². The van der Waals surface area contributed by atoms with E-state index in [0.29, 0.717) is 11.4 Å². The van der Waals surface area contributed by atoms with Gasteiger partial charge in [0.2, 0.25) is 0 Å². The molecular weight excluding hydrogens is 192 g/mol. The summed E-state index contributed by atoms with van der Waals surface area (Å²) < 4.78 is 6.92. The number of Topliss-reactive ketones (excluding diaryl/α,β-unsaturated/α-hetero) is 1. The van der Waals surface area contributed by atoms with Crippen molar-refractivity contribution in [3.8, 4) is 5.75 Å². The Bertz CT molecular complexity index is 378. The van der Waals surface area contributed by atoms with Gasteiger partial charge < -0.3 is 4.74 Å². The van der Waals surface area contributed by atoms with Gasteiger partial charge in [-0.15, -0.1) is 0 Å². The van der Waals surface area contributed by atoms with E-state index in [0.717, 1.165) is 12.8 Å². The van der Waals surface area contributed by atoms with Gasteiger partial charge >= 0.3 is 0 Å². The molecular formula is C11H16N2O2. The lowest BCUT2D eigenvalue weighted by Gasteiger charge is -2.10. The fourth-order valence-corrected chi connectivity index (χ4v) is 1.66. The van der Waals surface area contributed by atoms with Crippen LogP contribution in [0.4, 0.5) is 0 Å². The minimum Gasteiger partial charge on any atom is -0.493 e. The topological polar surface area (TPSA) is 44.1 Å². The monoisotopic (exact) mass is 208 g/mol. The van der Waals surface area contributed by atoms with Gasteiger partial charge in [0.05, 0.1) is 13.3 Å². The first-order valence-electron chi connectivity index (χ1n) is 5.31. The zero-order chi connectivity index (χ0) is 11.0. The van der Waals surface area contributed by atoms with Crippen LogP contribution in [0.25, 0.3) is 0 Å². The number of carbonyl (C=O) groups is 1. The van der Waals surface area contributed by atoms with Crippen LogP contribution in [0.5, 0.6) is 5.75 Å². The van der Waals surface area contributed by atoms with Crippen molar-refractivity contribution < 1.29 is 9.53 Å². The van der Waals surface area contributed by atoms with E-state index in [1.54, 1.807) is 18.0 Å². The average molecular weight is 208 g/mol. The summed E-state index contributed by atoms with van der Waals surface area (Å²) in [4.78, 5) is 12.0. The molecule has 1 fully saturated rings. The third-order valence-electron chi connectivity index (χ3n) is 2.65. The average Bonchev–Trinajstić information content (AvgIpc) is 2.95. The molecule has 2 rings (SSSR count). The molecule has 1 aromatic rings. The minimum absolute atomic E-state index is 0.179. The van der Waals surface area contributed by atoms with Crippen LogP contribution in [0.3, 0.4) is 0 Å². The summed E-state index contributed by atoms with van der Waals surface area (Å²) in [5.74, 6) is 0.978. The van der Waals surface area contributed by atoms with E-state index >= 15 is 0 Å². The molecule has 0 aromatic carbocycles. The third-order valence-corrected chi connectivity index (χ3v) is 2.65. The second-order valence-electron chi connectivity index (χ2n) is 4.24. The number of ether oxygens (including phenoxy) is 1. The molecule has 0 aliphatic heterocycles. The van der Waals surface area contributed by atoms with Crippen molar-refractivity contribution in [2.24, 2.45) is 5.92 Å². The van der Waals surface area contributed by atoms with Gasteiger partial charge in [-0.1, -0.05) is 0 Å². The van der Waals surface area contributed by atoms with E-state index in [9.17, 15) is 4.79 Å². The van der Waals surface area contributed by atoms with Gasteiger partial charge in [0.1, 0.15) is 5.69 Å². The van der Waals surface area contributed by atoms with Crippen LogP contribution in [0, 0.1) is 5.92 Å². The highest BCUT2D eigenvalue weighted by Crippen LogP contribution is 2.35. The van der Waals surface area contributed by atoms with Crippen LogP contribution in [-0.2, 0) is 0 Å². The maximum atomic E-state index is 12.0. The predicted octanol–water partition coefficient (Wildman–Crippen LogP) is 2.07. The van der Waals surface area contributed by atoms with Gasteiger partial charge in [0, 0.05) is 12.0 Å². The van der Waals surface area contributed by atoms with E-state index in [-0.39, 0.29) is 17.7 Å². The fourth-order valence-electron chi connectivity index (χ4n) is 1.66. The molecule has 0 N–H and O–H groups in total. The molecule has 1 aliphatic rings. The summed E-state index contributed by atoms with van der Waals surface area (Å²) in [6, 6.07) is 0.187. The highest BCUT2D eigenvalue weighted by atomic mass is 16.5. The molecule has 0 saturated heterocycles. The maximum Gasteiger partial charge on any atom is 0.187 e. The Morgan fingerprint density at radius 1 is 1.60 bits per heavy atom. The summed E-state index contributed by atoms with van der Waals surface area (Å²) in [7, 11) is 1.57. The maximum absolute atomic E-state index is 12.0. The van der Waals surface area contributed by atoms with E-state index in [1.807, 2.05) is 13.8 Å². The lowest BCUT2D eigenvalue weighted by molar-refractivity contribution is 0.0952. The van der Waals surface area contributed by atoms with Crippen LogP contribution in [0.15, 0.2) is 6.20 Å². The molecule has 1 heterocycles. The lowest BCUT2D eigenvalue weighted by Crippen LogP contribution is -2.14. The Hall–Kier alpha value is -1.32. The summed E-state index contributed by atoms with van der Waals surface area (Å²) in [5.41, 5.74) is 0.634. The largest absolute Gasteiger partial charge is 0.493 e.